The van der Waals surface area contributed by atoms with Crippen molar-refractivity contribution in [1.82, 2.24) is 0 Å². The molecule has 24 heavy (non-hydrogen) atoms. The van der Waals surface area contributed by atoms with Gasteiger partial charge in [-0.15, -0.1) is 0 Å². The standard InChI is InChI=1S/C16H10Cl3NO3.CH4/c17-6-1-2-11-8(3-6)12-13-9(19)4-7(18)5-10(13)20-14(16(21)22)15(12)23-11;/h1-5,12,14-15,20H,(H,21,22);1H4/p-1. The topological polar surface area (TPSA) is 61.4 Å². The summed E-state index contributed by atoms with van der Waals surface area (Å²) in [5, 5.41) is 15.9. The number of anilines is 1. The summed E-state index contributed by atoms with van der Waals surface area (Å²) in [4.78, 5) is 11.5. The SMILES string of the molecule is C.O=C([O-])C1Nc2cc(Cl)cc(Cl)c2C2c3cc(Cl)ccc3OC12. The van der Waals surface area contributed by atoms with Gasteiger partial charge in [0.25, 0.3) is 0 Å². The van der Waals surface area contributed by atoms with Crippen molar-refractivity contribution in [2.45, 2.75) is 25.5 Å². The number of halogens is 3. The first kappa shape index (κ1) is 17.2. The van der Waals surface area contributed by atoms with E-state index in [1.807, 2.05) is 0 Å². The van der Waals surface area contributed by atoms with Crippen LogP contribution in [0, 0.1) is 0 Å². The van der Waals surface area contributed by atoms with Gasteiger partial charge in [0.1, 0.15) is 17.9 Å². The van der Waals surface area contributed by atoms with Gasteiger partial charge in [-0.25, -0.2) is 0 Å². The molecule has 0 bridgehead atoms. The number of fused-ring (bicyclic) bond motifs is 5. The zero-order valence-electron chi connectivity index (χ0n) is 11.5. The first-order valence-corrected chi connectivity index (χ1v) is 8.01. The Balaban J connectivity index is 0.00000169. The van der Waals surface area contributed by atoms with Crippen LogP contribution in [0.2, 0.25) is 15.1 Å². The van der Waals surface area contributed by atoms with Crippen LogP contribution in [-0.4, -0.2) is 18.1 Å². The smallest absolute Gasteiger partial charge is 0.135 e. The minimum atomic E-state index is -1.25. The molecule has 0 saturated heterocycles. The number of ether oxygens (including phenoxy) is 1. The molecule has 2 aliphatic rings. The molecule has 4 rings (SSSR count). The van der Waals surface area contributed by atoms with Gasteiger partial charge in [0.2, 0.25) is 0 Å². The lowest BCUT2D eigenvalue weighted by atomic mass is 9.81. The molecule has 0 amide bonds. The van der Waals surface area contributed by atoms with E-state index in [4.69, 9.17) is 39.5 Å². The van der Waals surface area contributed by atoms with Crippen molar-refractivity contribution in [3.05, 3.63) is 56.5 Å². The zero-order valence-corrected chi connectivity index (χ0v) is 13.7. The molecule has 0 aromatic heterocycles. The van der Waals surface area contributed by atoms with Gasteiger partial charge in [0.15, 0.2) is 0 Å². The third-order valence-corrected chi connectivity index (χ3v) is 4.96. The number of carbonyl (C=O) groups is 1. The Morgan fingerprint density at radius 3 is 2.58 bits per heavy atom. The average Bonchev–Trinajstić information content (AvgIpc) is 2.84. The highest BCUT2D eigenvalue weighted by Gasteiger charge is 2.46. The summed E-state index contributed by atoms with van der Waals surface area (Å²) >= 11 is 18.5. The molecule has 7 heteroatoms. The van der Waals surface area contributed by atoms with Crippen LogP contribution in [0.1, 0.15) is 24.5 Å². The van der Waals surface area contributed by atoms with Crippen LogP contribution in [0.25, 0.3) is 0 Å². The number of aliphatic carboxylic acids is 1. The maximum Gasteiger partial charge on any atom is 0.135 e. The van der Waals surface area contributed by atoms with Crippen LogP contribution >= 0.6 is 34.8 Å². The molecular formula is C17H13Cl3NO3-. The molecule has 3 atom stereocenters. The van der Waals surface area contributed by atoms with E-state index in [-0.39, 0.29) is 13.3 Å². The molecule has 3 unspecified atom stereocenters. The fourth-order valence-corrected chi connectivity index (χ4v) is 4.10. The van der Waals surface area contributed by atoms with Crippen molar-refractivity contribution >= 4 is 46.5 Å². The summed E-state index contributed by atoms with van der Waals surface area (Å²) in [6, 6.07) is 7.46. The van der Waals surface area contributed by atoms with Crippen molar-refractivity contribution in [3.8, 4) is 5.75 Å². The maximum atomic E-state index is 11.5. The van der Waals surface area contributed by atoms with E-state index in [1.165, 1.54) is 0 Å². The van der Waals surface area contributed by atoms with Crippen molar-refractivity contribution < 1.29 is 14.6 Å². The van der Waals surface area contributed by atoms with E-state index in [9.17, 15) is 9.90 Å². The van der Waals surface area contributed by atoms with E-state index in [0.717, 1.165) is 11.1 Å². The lowest BCUT2D eigenvalue weighted by Crippen LogP contribution is -2.53. The third kappa shape index (κ3) is 2.50. The van der Waals surface area contributed by atoms with Crippen molar-refractivity contribution in [2.24, 2.45) is 0 Å². The fraction of sp³-hybridized carbons (Fsp3) is 0.235. The lowest BCUT2D eigenvalue weighted by molar-refractivity contribution is -0.308. The summed E-state index contributed by atoms with van der Waals surface area (Å²) in [7, 11) is 0. The molecule has 1 N–H and O–H groups in total. The predicted molar refractivity (Wildman–Crippen MR) is 93.3 cm³/mol. The van der Waals surface area contributed by atoms with Gasteiger partial charge >= 0.3 is 0 Å². The highest BCUT2D eigenvalue weighted by Crippen LogP contribution is 2.51. The van der Waals surface area contributed by atoms with Crippen LogP contribution in [0.3, 0.4) is 0 Å². The second-order valence-corrected chi connectivity index (χ2v) is 6.81. The molecule has 2 heterocycles. The Hall–Kier alpha value is -1.62. The normalized spacial score (nSPS) is 23.0. The number of rotatable bonds is 1. The average molecular weight is 386 g/mol. The van der Waals surface area contributed by atoms with Crippen LogP contribution < -0.4 is 15.2 Å². The Bertz CT molecular complexity index is 840. The molecule has 0 aliphatic carbocycles. The number of benzene rings is 2. The number of carboxylic acid groups (broad SMARTS) is 1. The Morgan fingerprint density at radius 2 is 1.88 bits per heavy atom. The van der Waals surface area contributed by atoms with Crippen molar-refractivity contribution in [3.63, 3.8) is 0 Å². The summed E-state index contributed by atoms with van der Waals surface area (Å²) in [5.74, 6) is -1.01. The molecule has 2 aliphatic heterocycles. The second kappa shape index (κ2) is 6.03. The molecule has 0 spiro atoms. The molecule has 0 radical (unpaired) electrons. The minimum Gasteiger partial charge on any atom is -0.548 e. The quantitative estimate of drug-likeness (QED) is 0.813. The summed E-state index contributed by atoms with van der Waals surface area (Å²) in [5.41, 5.74) is 2.12. The Morgan fingerprint density at radius 1 is 1.12 bits per heavy atom. The molecule has 4 nitrogen and oxygen atoms in total. The zero-order chi connectivity index (χ0) is 16.3. The second-order valence-electron chi connectivity index (χ2n) is 5.53. The lowest BCUT2D eigenvalue weighted by Gasteiger charge is -2.37. The highest BCUT2D eigenvalue weighted by molar-refractivity contribution is 6.36. The van der Waals surface area contributed by atoms with Crippen LogP contribution in [0.4, 0.5) is 5.69 Å². The van der Waals surface area contributed by atoms with Crippen LogP contribution in [0.15, 0.2) is 30.3 Å². The van der Waals surface area contributed by atoms with E-state index in [0.29, 0.717) is 26.5 Å². The van der Waals surface area contributed by atoms with Crippen molar-refractivity contribution in [1.29, 1.82) is 0 Å². The van der Waals surface area contributed by atoms with Gasteiger partial charge in [0.05, 0.1) is 11.9 Å². The molecule has 126 valence electrons. The molecule has 0 fully saturated rings. The van der Waals surface area contributed by atoms with Crippen LogP contribution in [0.5, 0.6) is 5.75 Å². The largest absolute Gasteiger partial charge is 0.548 e. The Labute approximate surface area is 154 Å². The predicted octanol–water partition coefficient (Wildman–Crippen LogP) is 3.72. The molecular weight excluding hydrogens is 373 g/mol. The first-order chi connectivity index (χ1) is 11.0. The minimum absolute atomic E-state index is 0. The van der Waals surface area contributed by atoms with E-state index in [2.05, 4.69) is 5.32 Å². The van der Waals surface area contributed by atoms with Crippen LogP contribution in [-0.2, 0) is 4.79 Å². The highest BCUT2D eigenvalue weighted by atomic mass is 35.5. The number of carbonyl (C=O) groups excluding carboxylic acids is 1. The van der Waals surface area contributed by atoms with Gasteiger partial charge in [-0.2, -0.15) is 0 Å². The number of carboxylic acids is 1. The van der Waals surface area contributed by atoms with E-state index in [1.54, 1.807) is 30.3 Å². The van der Waals surface area contributed by atoms with Gasteiger partial charge in [-0.05, 0) is 30.3 Å². The van der Waals surface area contributed by atoms with Crippen molar-refractivity contribution in [2.75, 3.05) is 5.32 Å². The number of hydrogen-bond acceptors (Lipinski definition) is 4. The summed E-state index contributed by atoms with van der Waals surface area (Å²) in [6.45, 7) is 0. The van der Waals surface area contributed by atoms with Gasteiger partial charge in [-0.1, -0.05) is 42.2 Å². The molecule has 2 aromatic rings. The van der Waals surface area contributed by atoms with Gasteiger partial charge < -0.3 is 20.0 Å². The number of nitrogens with one attached hydrogen (secondary N) is 1. The van der Waals surface area contributed by atoms with E-state index < -0.39 is 18.1 Å². The Kier molecular flexibility index (Phi) is 4.32. The van der Waals surface area contributed by atoms with Gasteiger partial charge in [-0.3, -0.25) is 0 Å². The third-order valence-electron chi connectivity index (χ3n) is 4.20. The van der Waals surface area contributed by atoms with Gasteiger partial charge in [0, 0.05) is 31.9 Å². The molecule has 0 saturated carbocycles. The number of hydrogen-bond donors (Lipinski definition) is 1. The summed E-state index contributed by atoms with van der Waals surface area (Å²) in [6.07, 6.45) is -0.667. The monoisotopic (exact) mass is 384 g/mol. The summed E-state index contributed by atoms with van der Waals surface area (Å²) < 4.78 is 5.85. The maximum absolute atomic E-state index is 11.5. The first-order valence-electron chi connectivity index (χ1n) is 6.88. The molecule has 2 aromatic carbocycles. The fourth-order valence-electron chi connectivity index (χ4n) is 3.30. The van der Waals surface area contributed by atoms with E-state index >= 15 is 0 Å².